The Morgan fingerprint density at radius 1 is 0.857 bits per heavy atom. The van der Waals surface area contributed by atoms with Gasteiger partial charge in [0.2, 0.25) is 0 Å². The number of H-pyrrole nitrogens is 1. The number of halogens is 3. The van der Waals surface area contributed by atoms with E-state index in [-0.39, 0.29) is 24.4 Å². The van der Waals surface area contributed by atoms with Crippen molar-refractivity contribution in [1.82, 2.24) is 9.97 Å². The molecule has 0 unspecified atom stereocenters. The first kappa shape index (κ1) is 24.2. The zero-order valence-electron chi connectivity index (χ0n) is 16.3. The maximum Gasteiger partial charge on any atom is 0.432 e. The van der Waals surface area contributed by atoms with Crippen molar-refractivity contribution < 1.29 is 27.9 Å². The fourth-order valence-electron chi connectivity index (χ4n) is 3.06. The monoisotopic (exact) mass is 404 g/mol. The van der Waals surface area contributed by atoms with Gasteiger partial charge in [0.1, 0.15) is 17.3 Å². The first-order valence-electron chi connectivity index (χ1n) is 10.1. The molecule has 0 amide bonds. The first-order valence-corrected chi connectivity index (χ1v) is 10.1. The fraction of sp³-hybridized carbons (Fsp3) is 0.750. The number of hydrogen-bond acceptors (Lipinski definition) is 3. The lowest BCUT2D eigenvalue weighted by molar-refractivity contribution is -0.141. The van der Waals surface area contributed by atoms with Crippen LogP contribution in [-0.4, -0.2) is 26.8 Å². The minimum Gasteiger partial charge on any atom is -0.481 e. The molecule has 1 rings (SSSR count). The molecule has 5 nitrogen and oxygen atoms in total. The summed E-state index contributed by atoms with van der Waals surface area (Å²) < 4.78 is 37.4. The quantitative estimate of drug-likeness (QED) is 0.346. The molecule has 160 valence electrons. The number of carbonyl (C=O) groups is 2. The summed E-state index contributed by atoms with van der Waals surface area (Å²) in [4.78, 5) is 28.0. The van der Waals surface area contributed by atoms with Gasteiger partial charge in [-0.3, -0.25) is 9.59 Å². The van der Waals surface area contributed by atoms with Gasteiger partial charge in [-0.1, -0.05) is 57.8 Å². The normalized spacial score (nSPS) is 11.7. The van der Waals surface area contributed by atoms with E-state index >= 15 is 0 Å². The minimum atomic E-state index is -4.46. The van der Waals surface area contributed by atoms with E-state index in [0.29, 0.717) is 6.42 Å². The molecule has 0 saturated carbocycles. The van der Waals surface area contributed by atoms with Crippen molar-refractivity contribution in [3.05, 3.63) is 17.7 Å². The van der Waals surface area contributed by atoms with E-state index in [1.165, 1.54) is 12.8 Å². The lowest BCUT2D eigenvalue weighted by Crippen LogP contribution is -2.07. The third-order valence-electron chi connectivity index (χ3n) is 4.64. The molecule has 0 spiro atoms. The molecule has 28 heavy (non-hydrogen) atoms. The summed E-state index contributed by atoms with van der Waals surface area (Å²) in [6, 6.07) is 0. The molecule has 0 aromatic carbocycles. The summed E-state index contributed by atoms with van der Waals surface area (Å²) in [5, 5.41) is 8.54. The fourth-order valence-corrected chi connectivity index (χ4v) is 3.06. The van der Waals surface area contributed by atoms with E-state index in [1.807, 2.05) is 0 Å². The highest BCUT2D eigenvalue weighted by Crippen LogP contribution is 2.27. The van der Waals surface area contributed by atoms with Crippen LogP contribution in [0.3, 0.4) is 0 Å². The van der Waals surface area contributed by atoms with Crippen LogP contribution in [0.25, 0.3) is 0 Å². The molecule has 0 atom stereocenters. The largest absolute Gasteiger partial charge is 0.481 e. The van der Waals surface area contributed by atoms with Crippen LogP contribution >= 0.6 is 0 Å². The number of ketones is 1. The second kappa shape index (κ2) is 13.3. The second-order valence-corrected chi connectivity index (χ2v) is 7.24. The van der Waals surface area contributed by atoms with Gasteiger partial charge in [0.05, 0.1) is 12.6 Å². The van der Waals surface area contributed by atoms with Gasteiger partial charge in [-0.15, -0.1) is 0 Å². The smallest absolute Gasteiger partial charge is 0.432 e. The summed E-state index contributed by atoms with van der Waals surface area (Å²) in [7, 11) is 0. The van der Waals surface area contributed by atoms with Crippen LogP contribution in [0, 0.1) is 0 Å². The maximum atomic E-state index is 12.5. The number of unbranched alkanes of at least 4 members (excludes halogenated alkanes) is 10. The number of Topliss-reactive ketones (excluding diaryl/α,β-unsaturated/α-hetero) is 1. The molecule has 0 aliphatic carbocycles. The van der Waals surface area contributed by atoms with Crippen LogP contribution in [0.15, 0.2) is 6.20 Å². The summed E-state index contributed by atoms with van der Waals surface area (Å²) in [6.07, 6.45) is 8.21. The Kier molecular flexibility index (Phi) is 11.5. The molecule has 0 aliphatic rings. The molecule has 1 heterocycles. The van der Waals surface area contributed by atoms with Crippen molar-refractivity contribution in [2.24, 2.45) is 0 Å². The topological polar surface area (TPSA) is 83.0 Å². The van der Waals surface area contributed by atoms with Gasteiger partial charge < -0.3 is 10.1 Å². The number of aromatic amines is 1. The van der Waals surface area contributed by atoms with Gasteiger partial charge in [0, 0.05) is 12.8 Å². The third-order valence-corrected chi connectivity index (χ3v) is 4.64. The molecule has 0 radical (unpaired) electrons. The average molecular weight is 404 g/mol. The SMILES string of the molecule is O=C(O)CCCCCCCCCCCCCC(=O)Cc1ncc(C(F)(F)F)[nH]1. The number of carbonyl (C=O) groups excluding carboxylic acids is 1. The Bertz CT molecular complexity index is 585. The van der Waals surface area contributed by atoms with Crippen molar-refractivity contribution in [3.8, 4) is 0 Å². The Morgan fingerprint density at radius 2 is 1.32 bits per heavy atom. The highest BCUT2D eigenvalue weighted by Gasteiger charge is 2.33. The third kappa shape index (κ3) is 11.8. The maximum absolute atomic E-state index is 12.5. The van der Waals surface area contributed by atoms with E-state index in [9.17, 15) is 22.8 Å². The lowest BCUT2D eigenvalue weighted by Gasteiger charge is -2.03. The number of carboxylic acid groups (broad SMARTS) is 1. The molecule has 0 aliphatic heterocycles. The average Bonchev–Trinajstić information content (AvgIpc) is 3.07. The number of nitrogens with zero attached hydrogens (tertiary/aromatic N) is 1. The van der Waals surface area contributed by atoms with Crippen LogP contribution in [0.2, 0.25) is 0 Å². The lowest BCUT2D eigenvalue weighted by atomic mass is 10.0. The molecule has 0 fully saturated rings. The molecular weight excluding hydrogens is 373 g/mol. The van der Waals surface area contributed by atoms with E-state index in [0.717, 1.165) is 64.0 Å². The molecule has 1 aromatic rings. The highest BCUT2D eigenvalue weighted by atomic mass is 19.4. The minimum absolute atomic E-state index is 0.0697. The van der Waals surface area contributed by atoms with Crippen LogP contribution in [0.1, 0.15) is 95.0 Å². The molecule has 2 N–H and O–H groups in total. The van der Waals surface area contributed by atoms with Crippen molar-refractivity contribution in [2.75, 3.05) is 0 Å². The van der Waals surface area contributed by atoms with E-state index in [1.54, 1.807) is 0 Å². The van der Waals surface area contributed by atoms with Gasteiger partial charge in [0.25, 0.3) is 0 Å². The molecule has 1 aromatic heterocycles. The van der Waals surface area contributed by atoms with E-state index in [4.69, 9.17) is 5.11 Å². The number of aromatic nitrogens is 2. The number of carboxylic acids is 1. The summed E-state index contributed by atoms with van der Waals surface area (Å²) in [5.41, 5.74) is -0.921. The number of hydrogen-bond donors (Lipinski definition) is 2. The summed E-state index contributed by atoms with van der Waals surface area (Å²) in [5.74, 6) is -0.746. The Morgan fingerprint density at radius 3 is 1.75 bits per heavy atom. The van der Waals surface area contributed by atoms with Crippen molar-refractivity contribution in [3.63, 3.8) is 0 Å². The Hall–Kier alpha value is -1.86. The number of imidazole rings is 1. The Labute approximate surface area is 164 Å². The highest BCUT2D eigenvalue weighted by molar-refractivity contribution is 5.80. The van der Waals surface area contributed by atoms with Gasteiger partial charge in [-0.05, 0) is 12.8 Å². The summed E-state index contributed by atoms with van der Waals surface area (Å²) in [6.45, 7) is 0. The van der Waals surface area contributed by atoms with Crippen molar-refractivity contribution in [1.29, 1.82) is 0 Å². The predicted octanol–water partition coefficient (Wildman–Crippen LogP) is 5.70. The van der Waals surface area contributed by atoms with Gasteiger partial charge in [0.15, 0.2) is 0 Å². The number of rotatable bonds is 16. The van der Waals surface area contributed by atoms with Crippen molar-refractivity contribution in [2.45, 2.75) is 96.1 Å². The van der Waals surface area contributed by atoms with E-state index in [2.05, 4.69) is 9.97 Å². The van der Waals surface area contributed by atoms with Gasteiger partial charge >= 0.3 is 12.1 Å². The number of aliphatic carboxylic acids is 1. The standard InChI is InChI=1S/C20H31F3N2O3/c21-20(22,23)17-15-24-18(25-17)14-16(26)12-10-8-6-4-2-1-3-5-7-9-11-13-19(27)28/h15H,1-14H2,(H,24,25)(H,27,28). The Balaban J connectivity index is 1.92. The second-order valence-electron chi connectivity index (χ2n) is 7.24. The zero-order valence-corrected chi connectivity index (χ0v) is 16.3. The van der Waals surface area contributed by atoms with Crippen LogP contribution in [0.5, 0.6) is 0 Å². The van der Waals surface area contributed by atoms with Crippen LogP contribution < -0.4 is 0 Å². The molecule has 0 bridgehead atoms. The van der Waals surface area contributed by atoms with Crippen molar-refractivity contribution >= 4 is 11.8 Å². The molecule has 0 saturated heterocycles. The van der Waals surface area contributed by atoms with Gasteiger partial charge in [-0.2, -0.15) is 13.2 Å². The molecule has 8 heteroatoms. The van der Waals surface area contributed by atoms with Gasteiger partial charge in [-0.25, -0.2) is 4.98 Å². The predicted molar refractivity (Wildman–Crippen MR) is 100.0 cm³/mol. The summed E-state index contributed by atoms with van der Waals surface area (Å²) >= 11 is 0. The van der Waals surface area contributed by atoms with Crippen LogP contribution in [0.4, 0.5) is 13.2 Å². The van der Waals surface area contributed by atoms with E-state index < -0.39 is 17.8 Å². The first-order chi connectivity index (χ1) is 13.3. The number of alkyl halides is 3. The molecular formula is C20H31F3N2O3. The van der Waals surface area contributed by atoms with Crippen LogP contribution in [-0.2, 0) is 22.2 Å². The zero-order chi connectivity index (χ0) is 20.8. The number of nitrogens with one attached hydrogen (secondary N) is 1.